The summed E-state index contributed by atoms with van der Waals surface area (Å²) in [6.07, 6.45) is 0. The molecule has 0 saturated carbocycles. The number of likely N-dealkylation sites (N-methyl/N-ethyl adjacent to an activating group) is 1. The van der Waals surface area contributed by atoms with Crippen LogP contribution in [0.25, 0.3) is 0 Å². The van der Waals surface area contributed by atoms with Gasteiger partial charge < -0.3 is 9.64 Å². The average Bonchev–Trinajstić information content (AvgIpc) is 2.56. The number of carbonyl (C=O) groups excluding carboxylic acids is 1. The molecule has 0 spiro atoms. The van der Waals surface area contributed by atoms with E-state index in [2.05, 4.69) is 13.8 Å². The normalized spacial score (nSPS) is 13.2. The zero-order valence-corrected chi connectivity index (χ0v) is 14.0. The molecule has 120 valence electrons. The predicted molar refractivity (Wildman–Crippen MR) is 91.9 cm³/mol. The summed E-state index contributed by atoms with van der Waals surface area (Å²) in [5, 5.41) is 0. The molecule has 0 N–H and O–H groups in total. The third-order valence-electron chi connectivity index (χ3n) is 4.21. The van der Waals surface area contributed by atoms with E-state index in [0.717, 1.165) is 35.7 Å². The average molecular weight is 309 g/mol. The van der Waals surface area contributed by atoms with Crippen LogP contribution < -0.4 is 4.74 Å². The van der Waals surface area contributed by atoms with E-state index in [0.29, 0.717) is 5.92 Å². The monoisotopic (exact) mass is 309 g/mol. The van der Waals surface area contributed by atoms with E-state index in [4.69, 9.17) is 4.74 Å². The number of ether oxygens (including phenoxy) is 1. The molecular formula is C20H23NO2. The lowest BCUT2D eigenvalue weighted by atomic mass is 9.86. The number of fused-ring (bicyclic) bond motifs is 2. The van der Waals surface area contributed by atoms with Gasteiger partial charge in [-0.05, 0) is 25.0 Å². The van der Waals surface area contributed by atoms with Gasteiger partial charge in [0.05, 0.1) is 5.92 Å². The first kappa shape index (κ1) is 15.6. The van der Waals surface area contributed by atoms with Gasteiger partial charge in [-0.3, -0.25) is 4.79 Å². The Balaban J connectivity index is 2.05. The van der Waals surface area contributed by atoms with Crippen molar-refractivity contribution in [1.29, 1.82) is 0 Å². The first-order valence-corrected chi connectivity index (χ1v) is 8.26. The highest BCUT2D eigenvalue weighted by atomic mass is 16.5. The summed E-state index contributed by atoms with van der Waals surface area (Å²) < 4.78 is 5.98. The summed E-state index contributed by atoms with van der Waals surface area (Å²) in [6.45, 7) is 7.82. The van der Waals surface area contributed by atoms with Crippen LogP contribution in [-0.2, 0) is 4.79 Å². The Morgan fingerprint density at radius 3 is 2.04 bits per heavy atom. The fourth-order valence-corrected chi connectivity index (χ4v) is 3.17. The number of hydrogen-bond acceptors (Lipinski definition) is 2. The summed E-state index contributed by atoms with van der Waals surface area (Å²) in [6, 6.07) is 15.7. The molecule has 3 rings (SSSR count). The number of benzene rings is 2. The summed E-state index contributed by atoms with van der Waals surface area (Å²) >= 11 is 0. The minimum absolute atomic E-state index is 0.157. The topological polar surface area (TPSA) is 29.5 Å². The van der Waals surface area contributed by atoms with Crippen LogP contribution in [0.3, 0.4) is 0 Å². The van der Waals surface area contributed by atoms with E-state index in [-0.39, 0.29) is 11.8 Å². The Kier molecular flexibility index (Phi) is 4.37. The van der Waals surface area contributed by atoms with Crippen LogP contribution in [0.5, 0.6) is 11.5 Å². The number of carbonyl (C=O) groups is 1. The largest absolute Gasteiger partial charge is 0.457 e. The molecule has 2 aromatic carbocycles. The highest BCUT2D eigenvalue weighted by molar-refractivity contribution is 5.89. The quantitative estimate of drug-likeness (QED) is 0.836. The van der Waals surface area contributed by atoms with Crippen LogP contribution in [0.1, 0.15) is 37.8 Å². The van der Waals surface area contributed by atoms with E-state index in [1.165, 1.54) is 0 Å². The van der Waals surface area contributed by atoms with Gasteiger partial charge in [0.1, 0.15) is 11.5 Å². The maximum Gasteiger partial charge on any atom is 0.234 e. The van der Waals surface area contributed by atoms with Crippen molar-refractivity contribution in [2.75, 3.05) is 13.1 Å². The number of hydrogen-bond donors (Lipinski definition) is 0. The number of nitrogens with zero attached hydrogens (tertiary/aromatic N) is 1. The smallest absolute Gasteiger partial charge is 0.234 e. The molecule has 1 amide bonds. The molecule has 1 aliphatic rings. The number of rotatable bonds is 4. The van der Waals surface area contributed by atoms with Gasteiger partial charge in [-0.1, -0.05) is 50.2 Å². The summed E-state index contributed by atoms with van der Waals surface area (Å²) in [5.41, 5.74) is 1.91. The Bertz CT molecular complexity index is 663. The van der Waals surface area contributed by atoms with Crippen LogP contribution in [0.15, 0.2) is 48.5 Å². The van der Waals surface area contributed by atoms with Gasteiger partial charge in [0.2, 0.25) is 5.91 Å². The van der Waals surface area contributed by atoms with Gasteiger partial charge in [-0.2, -0.15) is 0 Å². The highest BCUT2D eigenvalue weighted by Crippen LogP contribution is 2.44. The Labute approximate surface area is 137 Å². The highest BCUT2D eigenvalue weighted by Gasteiger charge is 2.34. The van der Waals surface area contributed by atoms with Crippen molar-refractivity contribution in [3.05, 3.63) is 59.7 Å². The van der Waals surface area contributed by atoms with E-state index >= 15 is 0 Å². The van der Waals surface area contributed by atoms with Gasteiger partial charge in [0, 0.05) is 24.2 Å². The van der Waals surface area contributed by atoms with Gasteiger partial charge in [0.25, 0.3) is 0 Å². The standard InChI is InChI=1S/C20H23NO2/c1-4-21(13-14(2)3)20(22)19-15-9-5-7-11-17(15)23-18-12-8-6-10-16(18)19/h5-12,14,19H,4,13H2,1-3H3. The molecule has 3 heteroatoms. The molecule has 2 aromatic rings. The fraction of sp³-hybridized carbons (Fsp3) is 0.350. The second-order valence-electron chi connectivity index (χ2n) is 6.38. The van der Waals surface area contributed by atoms with Gasteiger partial charge in [-0.25, -0.2) is 0 Å². The van der Waals surface area contributed by atoms with Crippen LogP contribution in [-0.4, -0.2) is 23.9 Å². The molecule has 0 bridgehead atoms. The molecule has 23 heavy (non-hydrogen) atoms. The van der Waals surface area contributed by atoms with E-state index in [1.807, 2.05) is 60.4 Å². The molecule has 0 radical (unpaired) electrons. The Morgan fingerprint density at radius 1 is 1.04 bits per heavy atom. The van der Waals surface area contributed by atoms with E-state index < -0.39 is 0 Å². The molecule has 0 aliphatic carbocycles. The maximum atomic E-state index is 13.3. The second kappa shape index (κ2) is 6.45. The Morgan fingerprint density at radius 2 is 1.57 bits per heavy atom. The number of para-hydroxylation sites is 2. The third kappa shape index (κ3) is 2.96. The molecule has 0 atom stereocenters. The molecule has 3 nitrogen and oxygen atoms in total. The van der Waals surface area contributed by atoms with Crippen molar-refractivity contribution < 1.29 is 9.53 Å². The van der Waals surface area contributed by atoms with Crippen molar-refractivity contribution in [2.24, 2.45) is 5.92 Å². The van der Waals surface area contributed by atoms with Gasteiger partial charge in [0.15, 0.2) is 0 Å². The lowest BCUT2D eigenvalue weighted by Gasteiger charge is -2.32. The van der Waals surface area contributed by atoms with E-state index in [1.54, 1.807) is 0 Å². The molecule has 0 aromatic heterocycles. The summed E-state index contributed by atoms with van der Waals surface area (Å²) in [7, 11) is 0. The van der Waals surface area contributed by atoms with E-state index in [9.17, 15) is 4.79 Å². The van der Waals surface area contributed by atoms with Crippen LogP contribution in [0.4, 0.5) is 0 Å². The first-order valence-electron chi connectivity index (χ1n) is 8.26. The van der Waals surface area contributed by atoms with Crippen molar-refractivity contribution in [2.45, 2.75) is 26.7 Å². The first-order chi connectivity index (χ1) is 11.1. The maximum absolute atomic E-state index is 13.3. The minimum atomic E-state index is -0.283. The third-order valence-corrected chi connectivity index (χ3v) is 4.21. The minimum Gasteiger partial charge on any atom is -0.457 e. The molecule has 0 fully saturated rings. The van der Waals surface area contributed by atoms with Crippen molar-refractivity contribution in [1.82, 2.24) is 4.90 Å². The second-order valence-corrected chi connectivity index (χ2v) is 6.38. The fourth-order valence-electron chi connectivity index (χ4n) is 3.17. The molecular weight excluding hydrogens is 286 g/mol. The molecule has 1 aliphatic heterocycles. The number of amides is 1. The van der Waals surface area contributed by atoms with Crippen LogP contribution in [0.2, 0.25) is 0 Å². The lowest BCUT2D eigenvalue weighted by molar-refractivity contribution is -0.132. The van der Waals surface area contributed by atoms with Crippen molar-refractivity contribution in [3.63, 3.8) is 0 Å². The SMILES string of the molecule is CCN(CC(C)C)C(=O)C1c2ccccc2Oc2ccccc21. The Hall–Kier alpha value is -2.29. The predicted octanol–water partition coefficient (Wildman–Crippen LogP) is 4.43. The van der Waals surface area contributed by atoms with Gasteiger partial charge >= 0.3 is 0 Å². The molecule has 0 unspecified atom stereocenters. The summed E-state index contributed by atoms with van der Waals surface area (Å²) in [4.78, 5) is 15.2. The van der Waals surface area contributed by atoms with Crippen LogP contribution in [0, 0.1) is 5.92 Å². The molecule has 1 heterocycles. The zero-order valence-electron chi connectivity index (χ0n) is 14.0. The van der Waals surface area contributed by atoms with Crippen molar-refractivity contribution in [3.8, 4) is 11.5 Å². The zero-order chi connectivity index (χ0) is 16.4. The molecule has 0 saturated heterocycles. The lowest BCUT2D eigenvalue weighted by Crippen LogP contribution is -2.38. The van der Waals surface area contributed by atoms with Crippen molar-refractivity contribution >= 4 is 5.91 Å². The van der Waals surface area contributed by atoms with Gasteiger partial charge in [-0.15, -0.1) is 0 Å². The van der Waals surface area contributed by atoms with Crippen LogP contribution >= 0.6 is 0 Å². The summed E-state index contributed by atoms with van der Waals surface area (Å²) in [5.74, 6) is 1.89.